The van der Waals surface area contributed by atoms with Crippen LogP contribution in [0.5, 0.6) is 17.2 Å². The molecule has 31 heavy (non-hydrogen) atoms. The van der Waals surface area contributed by atoms with Gasteiger partial charge in [0.1, 0.15) is 28.6 Å². The van der Waals surface area contributed by atoms with E-state index in [2.05, 4.69) is 5.10 Å². The number of phenols is 2. The maximum atomic E-state index is 12.3. The summed E-state index contributed by atoms with van der Waals surface area (Å²) in [5.74, 6) is -0.437. The van der Waals surface area contributed by atoms with Crippen molar-refractivity contribution < 1.29 is 24.9 Å². The van der Waals surface area contributed by atoms with Crippen LogP contribution in [-0.2, 0) is 5.41 Å². The number of phenolic OH excluding ortho intramolecular Hbond substituents is 2. The molecule has 0 saturated heterocycles. The molecular formula is C24H22N2O5. The second-order valence-corrected chi connectivity index (χ2v) is 8.30. The van der Waals surface area contributed by atoms with Gasteiger partial charge in [0.25, 0.3) is 0 Å². The minimum atomic E-state index is -1.15. The number of hydrogen-bond acceptors (Lipinski definition) is 6. The summed E-state index contributed by atoms with van der Waals surface area (Å²) in [6.07, 6.45) is 0.695. The molecule has 3 N–H and O–H groups in total. The number of carbonyl (C=O) groups excluding carboxylic acids is 1. The van der Waals surface area contributed by atoms with Gasteiger partial charge in [-0.3, -0.25) is 4.79 Å². The SMILES string of the molecule is CC(=O)c1c(O)c(C)c(O)c2c1OC1=Cc3c(c(C)nn3-c3ccccc3)[C@@H](O)[C@@]12C. The second-order valence-electron chi connectivity index (χ2n) is 8.30. The molecule has 0 saturated carbocycles. The molecule has 0 bridgehead atoms. The second kappa shape index (κ2) is 6.21. The number of aromatic nitrogens is 2. The number of rotatable bonds is 2. The van der Waals surface area contributed by atoms with Crippen molar-refractivity contribution in [2.24, 2.45) is 0 Å². The summed E-state index contributed by atoms with van der Waals surface area (Å²) in [4.78, 5) is 12.3. The normalized spacial score (nSPS) is 21.1. The molecule has 1 aliphatic carbocycles. The van der Waals surface area contributed by atoms with Crippen molar-refractivity contribution in [3.05, 3.63) is 69.7 Å². The minimum Gasteiger partial charge on any atom is -0.507 e. The Morgan fingerprint density at radius 1 is 1.16 bits per heavy atom. The Balaban J connectivity index is 1.81. The van der Waals surface area contributed by atoms with Gasteiger partial charge in [-0.1, -0.05) is 18.2 Å². The highest BCUT2D eigenvalue weighted by Gasteiger charge is 2.55. The van der Waals surface area contributed by atoms with E-state index in [1.54, 1.807) is 17.7 Å². The third-order valence-electron chi connectivity index (χ3n) is 6.47. The number of aromatic hydroxyl groups is 2. The van der Waals surface area contributed by atoms with E-state index in [0.29, 0.717) is 28.3 Å². The van der Waals surface area contributed by atoms with Gasteiger partial charge in [-0.2, -0.15) is 5.10 Å². The lowest BCUT2D eigenvalue weighted by atomic mass is 9.70. The third kappa shape index (κ3) is 2.32. The molecule has 1 aromatic heterocycles. The van der Waals surface area contributed by atoms with Crippen LogP contribution >= 0.6 is 0 Å². The van der Waals surface area contributed by atoms with Gasteiger partial charge in [-0.25, -0.2) is 4.68 Å². The van der Waals surface area contributed by atoms with Crippen LogP contribution in [0.4, 0.5) is 0 Å². The maximum absolute atomic E-state index is 12.3. The summed E-state index contributed by atoms with van der Waals surface area (Å²) >= 11 is 0. The van der Waals surface area contributed by atoms with Crippen LogP contribution in [0.3, 0.4) is 0 Å². The molecule has 2 heterocycles. The zero-order valence-electron chi connectivity index (χ0n) is 17.6. The highest BCUT2D eigenvalue weighted by molar-refractivity contribution is 6.02. The van der Waals surface area contributed by atoms with Crippen LogP contribution in [0.1, 0.15) is 58.4 Å². The zero-order chi connectivity index (χ0) is 22.2. The number of aliphatic hydroxyl groups is 1. The Kier molecular flexibility index (Phi) is 3.89. The summed E-state index contributed by atoms with van der Waals surface area (Å²) in [6, 6.07) is 9.54. The van der Waals surface area contributed by atoms with Crippen molar-refractivity contribution in [2.45, 2.75) is 39.2 Å². The Hall–Kier alpha value is -3.58. The summed E-state index contributed by atoms with van der Waals surface area (Å²) in [5.41, 5.74) is 2.09. The number of para-hydroxylation sites is 1. The Bertz CT molecular complexity index is 1310. The number of ether oxygens (including phenoxy) is 1. The number of fused-ring (bicyclic) bond motifs is 4. The number of Topliss-reactive ketones (excluding diaryl/α,β-unsaturated/α-hetero) is 1. The van der Waals surface area contributed by atoms with Crippen LogP contribution in [0, 0.1) is 13.8 Å². The molecule has 0 radical (unpaired) electrons. The van der Waals surface area contributed by atoms with Gasteiger partial charge < -0.3 is 20.1 Å². The molecule has 2 aromatic carbocycles. The van der Waals surface area contributed by atoms with Crippen molar-refractivity contribution in [3.63, 3.8) is 0 Å². The molecule has 5 rings (SSSR count). The number of benzene rings is 2. The van der Waals surface area contributed by atoms with Crippen molar-refractivity contribution in [1.82, 2.24) is 9.78 Å². The number of hydrogen-bond donors (Lipinski definition) is 3. The number of aryl methyl sites for hydroxylation is 1. The summed E-state index contributed by atoms with van der Waals surface area (Å²) in [7, 11) is 0. The van der Waals surface area contributed by atoms with Crippen molar-refractivity contribution in [1.29, 1.82) is 0 Å². The van der Waals surface area contributed by atoms with Crippen molar-refractivity contribution >= 4 is 11.9 Å². The molecule has 1 aliphatic heterocycles. The first-order valence-corrected chi connectivity index (χ1v) is 10.0. The highest BCUT2D eigenvalue weighted by atomic mass is 16.5. The molecule has 0 fully saturated rings. The molecule has 158 valence electrons. The maximum Gasteiger partial charge on any atom is 0.167 e. The van der Waals surface area contributed by atoms with Gasteiger partial charge in [-0.15, -0.1) is 0 Å². The minimum absolute atomic E-state index is 0.000473. The van der Waals surface area contributed by atoms with E-state index in [4.69, 9.17) is 4.74 Å². The Labute approximate surface area is 178 Å². The topological polar surface area (TPSA) is 105 Å². The molecule has 2 atom stereocenters. The molecule has 0 spiro atoms. The fourth-order valence-electron chi connectivity index (χ4n) is 4.74. The molecular weight excluding hydrogens is 396 g/mol. The zero-order valence-corrected chi connectivity index (χ0v) is 17.6. The standard InChI is InChI=1S/C24H22N2O5/c1-11-20(28)18(13(3)27)22-19(21(11)29)24(4)16(31-22)10-15-17(23(24)30)12(2)25-26(15)14-8-6-5-7-9-14/h5-10,23,28-30H,1-4H3/t23-,24+/m1/s1. The summed E-state index contributed by atoms with van der Waals surface area (Å²) in [5, 5.41) is 37.6. The van der Waals surface area contributed by atoms with Gasteiger partial charge >= 0.3 is 0 Å². The van der Waals surface area contributed by atoms with Crippen LogP contribution in [-0.4, -0.2) is 30.9 Å². The average Bonchev–Trinajstić information content (AvgIpc) is 3.22. The van der Waals surface area contributed by atoms with E-state index in [-0.39, 0.29) is 28.4 Å². The quantitative estimate of drug-likeness (QED) is 0.546. The van der Waals surface area contributed by atoms with Crippen LogP contribution in [0.15, 0.2) is 36.1 Å². The summed E-state index contributed by atoms with van der Waals surface area (Å²) in [6.45, 7) is 6.44. The molecule has 3 aromatic rings. The fourth-order valence-corrected chi connectivity index (χ4v) is 4.74. The molecule has 7 nitrogen and oxygen atoms in total. The first kappa shape index (κ1) is 19.4. The van der Waals surface area contributed by atoms with Crippen LogP contribution in [0.2, 0.25) is 0 Å². The molecule has 0 unspecified atom stereocenters. The Morgan fingerprint density at radius 2 is 1.84 bits per heavy atom. The average molecular weight is 418 g/mol. The van der Waals surface area contributed by atoms with E-state index in [9.17, 15) is 20.1 Å². The van der Waals surface area contributed by atoms with E-state index >= 15 is 0 Å². The predicted octanol–water partition coefficient (Wildman–Crippen LogP) is 3.84. The molecule has 0 amide bonds. The van der Waals surface area contributed by atoms with Crippen LogP contribution in [0.25, 0.3) is 11.8 Å². The lowest BCUT2D eigenvalue weighted by Gasteiger charge is -2.34. The van der Waals surface area contributed by atoms with Crippen LogP contribution < -0.4 is 4.74 Å². The van der Waals surface area contributed by atoms with Crippen molar-refractivity contribution in [3.8, 4) is 22.9 Å². The number of aliphatic hydroxyl groups excluding tert-OH is 1. The lowest BCUT2D eigenvalue weighted by Crippen LogP contribution is -2.34. The molecule has 7 heteroatoms. The van der Waals surface area contributed by atoms with E-state index in [0.717, 1.165) is 5.69 Å². The van der Waals surface area contributed by atoms with Gasteiger partial charge in [-0.05, 0) is 39.8 Å². The largest absolute Gasteiger partial charge is 0.507 e. The van der Waals surface area contributed by atoms with E-state index in [1.165, 1.54) is 13.8 Å². The predicted molar refractivity (Wildman–Crippen MR) is 114 cm³/mol. The van der Waals surface area contributed by atoms with Gasteiger partial charge in [0.15, 0.2) is 5.78 Å². The van der Waals surface area contributed by atoms with Gasteiger partial charge in [0, 0.05) is 17.2 Å². The highest BCUT2D eigenvalue weighted by Crippen LogP contribution is 2.61. The lowest BCUT2D eigenvalue weighted by molar-refractivity contribution is 0.0966. The van der Waals surface area contributed by atoms with Gasteiger partial charge in [0.2, 0.25) is 0 Å². The number of nitrogens with zero attached hydrogens (tertiary/aromatic N) is 2. The smallest absolute Gasteiger partial charge is 0.167 e. The number of carbonyl (C=O) groups is 1. The van der Waals surface area contributed by atoms with E-state index in [1.807, 2.05) is 37.3 Å². The first-order chi connectivity index (χ1) is 14.7. The van der Waals surface area contributed by atoms with Gasteiger partial charge in [0.05, 0.1) is 34.2 Å². The summed E-state index contributed by atoms with van der Waals surface area (Å²) < 4.78 is 7.81. The first-order valence-electron chi connectivity index (χ1n) is 10.0. The monoisotopic (exact) mass is 418 g/mol. The molecule has 2 aliphatic rings. The van der Waals surface area contributed by atoms with E-state index < -0.39 is 17.3 Å². The van der Waals surface area contributed by atoms with Crippen molar-refractivity contribution in [2.75, 3.05) is 0 Å². The third-order valence-corrected chi connectivity index (χ3v) is 6.47. The Morgan fingerprint density at radius 3 is 2.48 bits per heavy atom. The fraction of sp³-hybridized carbons (Fsp3) is 0.250. The number of ketones is 1.